The number of rotatable bonds is 2. The minimum atomic E-state index is -0.529. The van der Waals surface area contributed by atoms with E-state index in [0.717, 1.165) is 5.56 Å². The van der Waals surface area contributed by atoms with Crippen molar-refractivity contribution in [3.63, 3.8) is 0 Å². The van der Waals surface area contributed by atoms with Crippen LogP contribution in [0.2, 0.25) is 0 Å². The Morgan fingerprint density at radius 1 is 1.37 bits per heavy atom. The second kappa shape index (κ2) is 5.99. The van der Waals surface area contributed by atoms with Crippen LogP contribution in [0.3, 0.4) is 0 Å². The second-order valence-electron chi connectivity index (χ2n) is 4.31. The number of carbonyl (C=O) groups excluding carboxylic acids is 1. The molecule has 1 aromatic rings. The quantitative estimate of drug-likeness (QED) is 0.785. The van der Waals surface area contributed by atoms with Crippen molar-refractivity contribution in [2.75, 3.05) is 19.7 Å². The lowest BCUT2D eigenvalue weighted by molar-refractivity contribution is -0.136. The summed E-state index contributed by atoms with van der Waals surface area (Å²) in [6.07, 6.45) is -0.247. The molecule has 1 fully saturated rings. The Hall–Kier alpha value is -2.37. The van der Waals surface area contributed by atoms with Gasteiger partial charge in [-0.1, -0.05) is 12.1 Å². The van der Waals surface area contributed by atoms with E-state index in [1.807, 2.05) is 12.1 Å². The van der Waals surface area contributed by atoms with Crippen LogP contribution in [0.4, 0.5) is 0 Å². The second-order valence-corrected chi connectivity index (χ2v) is 4.31. The molecule has 5 nitrogen and oxygen atoms in total. The number of ether oxygens (including phenoxy) is 1. The molecule has 1 saturated heterocycles. The predicted molar refractivity (Wildman–Crippen MR) is 66.8 cm³/mol. The summed E-state index contributed by atoms with van der Waals surface area (Å²) in [6.45, 7) is 1.25. The Balaban J connectivity index is 1.97. The summed E-state index contributed by atoms with van der Waals surface area (Å²) in [4.78, 5) is 13.7. The zero-order valence-corrected chi connectivity index (χ0v) is 10.4. The summed E-state index contributed by atoms with van der Waals surface area (Å²) in [7, 11) is 0. The molecule has 0 saturated carbocycles. The van der Waals surface area contributed by atoms with Gasteiger partial charge >= 0.3 is 0 Å². The van der Waals surface area contributed by atoms with Gasteiger partial charge in [-0.3, -0.25) is 4.79 Å². The Bertz CT molecular complexity index is 539. The van der Waals surface area contributed by atoms with Crippen molar-refractivity contribution in [3.8, 4) is 12.1 Å². The summed E-state index contributed by atoms with van der Waals surface area (Å²) < 4.78 is 5.20. The maximum Gasteiger partial charge on any atom is 0.227 e. The van der Waals surface area contributed by atoms with E-state index in [2.05, 4.69) is 0 Å². The molecule has 1 aliphatic heterocycles. The fourth-order valence-corrected chi connectivity index (χ4v) is 1.94. The predicted octanol–water partition coefficient (Wildman–Crippen LogP) is 0.852. The number of benzene rings is 1. The van der Waals surface area contributed by atoms with Crippen LogP contribution in [-0.2, 0) is 16.0 Å². The number of carbonyl (C=O) groups is 1. The van der Waals surface area contributed by atoms with E-state index in [9.17, 15) is 4.79 Å². The third-order valence-corrected chi connectivity index (χ3v) is 3.00. The molecule has 0 spiro atoms. The number of morpholine rings is 1. The van der Waals surface area contributed by atoms with Crippen LogP contribution in [0.5, 0.6) is 0 Å². The molecule has 1 unspecified atom stereocenters. The molecule has 0 aromatic heterocycles. The van der Waals surface area contributed by atoms with Crippen molar-refractivity contribution in [2.24, 2.45) is 0 Å². The van der Waals surface area contributed by atoms with E-state index < -0.39 is 6.10 Å². The van der Waals surface area contributed by atoms with E-state index >= 15 is 0 Å². The van der Waals surface area contributed by atoms with Crippen molar-refractivity contribution in [2.45, 2.75) is 12.5 Å². The maximum absolute atomic E-state index is 12.1. The Labute approximate surface area is 111 Å². The molecule has 0 radical (unpaired) electrons. The third kappa shape index (κ3) is 3.31. The molecule has 1 amide bonds. The summed E-state index contributed by atoms with van der Waals surface area (Å²) in [5.41, 5.74) is 1.44. The lowest BCUT2D eigenvalue weighted by atomic mass is 10.1. The van der Waals surface area contributed by atoms with Gasteiger partial charge < -0.3 is 9.64 Å². The Kier molecular flexibility index (Phi) is 4.12. The number of hydrogen-bond donors (Lipinski definition) is 0. The number of hydrogen-bond acceptors (Lipinski definition) is 4. The van der Waals surface area contributed by atoms with Gasteiger partial charge in [0.05, 0.1) is 37.3 Å². The Morgan fingerprint density at radius 3 is 2.74 bits per heavy atom. The highest BCUT2D eigenvalue weighted by atomic mass is 16.5. The lowest BCUT2D eigenvalue weighted by Gasteiger charge is -2.29. The van der Waals surface area contributed by atoms with Crippen LogP contribution in [-0.4, -0.2) is 36.6 Å². The molecule has 0 N–H and O–H groups in total. The van der Waals surface area contributed by atoms with Gasteiger partial charge in [0.15, 0.2) is 6.10 Å². The first-order valence-electron chi connectivity index (χ1n) is 6.01. The van der Waals surface area contributed by atoms with E-state index in [1.54, 1.807) is 29.2 Å². The van der Waals surface area contributed by atoms with E-state index in [0.29, 0.717) is 25.3 Å². The number of nitriles is 2. The van der Waals surface area contributed by atoms with Gasteiger partial charge in [0.25, 0.3) is 0 Å². The molecule has 2 rings (SSSR count). The zero-order chi connectivity index (χ0) is 13.7. The summed E-state index contributed by atoms with van der Waals surface area (Å²) in [5, 5.41) is 17.5. The molecule has 0 bridgehead atoms. The molecule has 19 heavy (non-hydrogen) atoms. The molecule has 5 heteroatoms. The van der Waals surface area contributed by atoms with Crippen molar-refractivity contribution in [1.82, 2.24) is 4.90 Å². The van der Waals surface area contributed by atoms with E-state index in [4.69, 9.17) is 15.3 Å². The fraction of sp³-hybridized carbons (Fsp3) is 0.357. The highest BCUT2D eigenvalue weighted by Crippen LogP contribution is 2.09. The lowest BCUT2D eigenvalue weighted by Crippen LogP contribution is -2.45. The van der Waals surface area contributed by atoms with Crippen molar-refractivity contribution in [3.05, 3.63) is 35.4 Å². The van der Waals surface area contributed by atoms with Gasteiger partial charge in [-0.2, -0.15) is 10.5 Å². The average molecular weight is 255 g/mol. The van der Waals surface area contributed by atoms with Gasteiger partial charge in [0.1, 0.15) is 0 Å². The minimum Gasteiger partial charge on any atom is -0.360 e. The third-order valence-electron chi connectivity index (χ3n) is 3.00. The molecule has 0 aliphatic carbocycles. The minimum absolute atomic E-state index is 0.0201. The van der Waals surface area contributed by atoms with Crippen LogP contribution in [0, 0.1) is 22.7 Å². The highest BCUT2D eigenvalue weighted by Gasteiger charge is 2.23. The van der Waals surface area contributed by atoms with Crippen LogP contribution in [0.15, 0.2) is 24.3 Å². The molecule has 1 heterocycles. The monoisotopic (exact) mass is 255 g/mol. The first-order chi connectivity index (χ1) is 9.22. The van der Waals surface area contributed by atoms with Crippen molar-refractivity contribution < 1.29 is 9.53 Å². The summed E-state index contributed by atoms with van der Waals surface area (Å²) in [5.74, 6) is -0.0201. The van der Waals surface area contributed by atoms with Gasteiger partial charge in [-0.25, -0.2) is 0 Å². The smallest absolute Gasteiger partial charge is 0.227 e. The molecule has 1 aliphatic rings. The van der Waals surface area contributed by atoms with Crippen LogP contribution in [0.1, 0.15) is 11.1 Å². The summed E-state index contributed by atoms with van der Waals surface area (Å²) >= 11 is 0. The zero-order valence-electron chi connectivity index (χ0n) is 10.4. The highest BCUT2D eigenvalue weighted by molar-refractivity contribution is 5.79. The van der Waals surface area contributed by atoms with Crippen molar-refractivity contribution >= 4 is 5.91 Å². The number of nitrogens with zero attached hydrogens (tertiary/aromatic N) is 3. The largest absolute Gasteiger partial charge is 0.360 e. The molecule has 96 valence electrons. The van der Waals surface area contributed by atoms with Crippen LogP contribution < -0.4 is 0 Å². The van der Waals surface area contributed by atoms with Gasteiger partial charge in [0, 0.05) is 6.54 Å². The molecule has 1 aromatic carbocycles. The van der Waals surface area contributed by atoms with Crippen molar-refractivity contribution in [1.29, 1.82) is 10.5 Å². The van der Waals surface area contributed by atoms with Gasteiger partial charge in [0.2, 0.25) is 5.91 Å². The molecular weight excluding hydrogens is 242 g/mol. The van der Waals surface area contributed by atoms with Crippen LogP contribution >= 0.6 is 0 Å². The number of amides is 1. The van der Waals surface area contributed by atoms with Gasteiger partial charge in [-0.05, 0) is 17.7 Å². The topological polar surface area (TPSA) is 77.1 Å². The molecular formula is C14H13N3O2. The first kappa shape index (κ1) is 13.1. The maximum atomic E-state index is 12.1. The standard InChI is InChI=1S/C14H13N3O2/c15-8-12-3-1-11(2-4-12)7-14(18)17-5-6-19-13(9-16)10-17/h1-4,13H,5-7,10H2. The normalized spacial score (nSPS) is 18.4. The summed E-state index contributed by atoms with van der Waals surface area (Å²) in [6, 6.07) is 11.0. The van der Waals surface area contributed by atoms with E-state index in [-0.39, 0.29) is 12.3 Å². The SMILES string of the molecule is N#Cc1ccc(CC(=O)N2CCOC(C#N)C2)cc1. The first-order valence-corrected chi connectivity index (χ1v) is 6.01. The average Bonchev–Trinajstić information content (AvgIpc) is 2.48. The van der Waals surface area contributed by atoms with E-state index in [1.165, 1.54) is 0 Å². The fourth-order valence-electron chi connectivity index (χ4n) is 1.94. The molecule has 1 atom stereocenters. The van der Waals surface area contributed by atoms with Crippen LogP contribution in [0.25, 0.3) is 0 Å². The Morgan fingerprint density at radius 2 is 2.11 bits per heavy atom. The van der Waals surface area contributed by atoms with Gasteiger partial charge in [-0.15, -0.1) is 0 Å².